The zero-order chi connectivity index (χ0) is 37.0. The standard InChI is InChI=1S/C41H42F2N4O5.ClH/c1-45(2)29-20-23-46(24-21-29)37(48)26-33-32-12-7-8-13-34(32)47(25-22-41(33,42)43)40(50)27-16-18-28(19-17-27)44-39(49)31-11-6-5-10-30(31)38-35(51-3)14-9-15-36(38)52-4;/h5-19,26,29H,20-25H2,1-4H3,(H,44,49);1H/b33-26-;. The maximum Gasteiger partial charge on any atom is 0.275 e. The first-order valence-corrected chi connectivity index (χ1v) is 17.2. The van der Waals surface area contributed by atoms with Gasteiger partial charge in [-0.05, 0) is 75.5 Å². The number of anilines is 2. The maximum atomic E-state index is 15.8. The monoisotopic (exact) mass is 744 g/mol. The highest BCUT2D eigenvalue weighted by Crippen LogP contribution is 2.44. The van der Waals surface area contributed by atoms with Crippen LogP contribution in [-0.4, -0.2) is 87.4 Å². The molecule has 2 aliphatic rings. The highest BCUT2D eigenvalue weighted by atomic mass is 35.5. The lowest BCUT2D eigenvalue weighted by Gasteiger charge is -2.35. The number of amides is 3. The Bertz CT molecular complexity index is 1970. The predicted molar refractivity (Wildman–Crippen MR) is 206 cm³/mol. The summed E-state index contributed by atoms with van der Waals surface area (Å²) in [6.07, 6.45) is 1.94. The summed E-state index contributed by atoms with van der Waals surface area (Å²) in [5.74, 6) is -3.57. The summed E-state index contributed by atoms with van der Waals surface area (Å²) < 4.78 is 42.8. The number of ether oxygens (including phenoxy) is 2. The van der Waals surface area contributed by atoms with Gasteiger partial charge in [0, 0.05) is 71.7 Å². The van der Waals surface area contributed by atoms with Crippen molar-refractivity contribution in [3.8, 4) is 22.6 Å². The van der Waals surface area contributed by atoms with E-state index < -0.39 is 24.2 Å². The maximum absolute atomic E-state index is 15.8. The molecule has 278 valence electrons. The fraction of sp³-hybridized carbons (Fsp3) is 0.293. The third-order valence-electron chi connectivity index (χ3n) is 9.81. The lowest BCUT2D eigenvalue weighted by molar-refractivity contribution is -0.127. The Morgan fingerprint density at radius 3 is 2.04 bits per heavy atom. The van der Waals surface area contributed by atoms with E-state index in [0.29, 0.717) is 58.7 Å². The molecule has 1 saturated heterocycles. The van der Waals surface area contributed by atoms with Crippen LogP contribution in [0.15, 0.2) is 97.1 Å². The number of para-hydroxylation sites is 1. The number of fused-ring (bicyclic) bond motifs is 1. The Hall–Kier alpha value is -5.26. The second-order valence-electron chi connectivity index (χ2n) is 13.1. The smallest absolute Gasteiger partial charge is 0.275 e. The van der Waals surface area contributed by atoms with Crippen LogP contribution in [0.5, 0.6) is 11.5 Å². The quantitative estimate of drug-likeness (QED) is 0.186. The number of piperidine rings is 1. The predicted octanol–water partition coefficient (Wildman–Crippen LogP) is 7.67. The third-order valence-corrected chi connectivity index (χ3v) is 9.81. The highest BCUT2D eigenvalue weighted by molar-refractivity contribution is 6.11. The summed E-state index contributed by atoms with van der Waals surface area (Å²) in [5.41, 5.74) is 2.37. The summed E-state index contributed by atoms with van der Waals surface area (Å²) >= 11 is 0. The Kier molecular flexibility index (Phi) is 12.2. The molecular weight excluding hydrogens is 702 g/mol. The van der Waals surface area contributed by atoms with Gasteiger partial charge in [-0.15, -0.1) is 12.4 Å². The molecule has 1 N–H and O–H groups in total. The lowest BCUT2D eigenvalue weighted by Crippen LogP contribution is -2.44. The molecule has 0 saturated carbocycles. The van der Waals surface area contributed by atoms with Crippen molar-refractivity contribution in [2.75, 3.05) is 58.2 Å². The van der Waals surface area contributed by atoms with E-state index in [1.54, 1.807) is 91.9 Å². The fourth-order valence-corrected chi connectivity index (χ4v) is 6.92. The molecular formula is C41H43ClF2N4O5. The van der Waals surface area contributed by atoms with Crippen molar-refractivity contribution in [2.45, 2.75) is 31.2 Å². The van der Waals surface area contributed by atoms with Gasteiger partial charge in [0.15, 0.2) is 0 Å². The molecule has 0 radical (unpaired) electrons. The van der Waals surface area contributed by atoms with E-state index in [-0.39, 0.29) is 41.6 Å². The number of hydrogen-bond acceptors (Lipinski definition) is 6. The number of nitrogens with zero attached hydrogens (tertiary/aromatic N) is 3. The first-order valence-electron chi connectivity index (χ1n) is 17.2. The summed E-state index contributed by atoms with van der Waals surface area (Å²) in [5, 5.41) is 2.89. The number of benzene rings is 4. The van der Waals surface area contributed by atoms with Crippen molar-refractivity contribution in [2.24, 2.45) is 0 Å². The lowest BCUT2D eigenvalue weighted by atomic mass is 9.96. The molecule has 0 unspecified atom stereocenters. The molecule has 0 spiro atoms. The van der Waals surface area contributed by atoms with Crippen molar-refractivity contribution < 1.29 is 32.6 Å². The van der Waals surface area contributed by atoms with E-state index in [0.717, 1.165) is 18.9 Å². The number of nitrogens with one attached hydrogen (secondary N) is 1. The zero-order valence-electron chi connectivity index (χ0n) is 30.1. The normalized spacial score (nSPS) is 16.3. The molecule has 0 atom stereocenters. The number of likely N-dealkylation sites (tertiary alicyclic amines) is 1. The largest absolute Gasteiger partial charge is 0.496 e. The first-order chi connectivity index (χ1) is 25.0. The molecule has 0 aromatic heterocycles. The van der Waals surface area contributed by atoms with Crippen LogP contribution >= 0.6 is 12.4 Å². The molecule has 2 heterocycles. The number of methoxy groups -OCH3 is 2. The van der Waals surface area contributed by atoms with Gasteiger partial charge in [0.05, 0.1) is 25.5 Å². The minimum Gasteiger partial charge on any atom is -0.496 e. The summed E-state index contributed by atoms with van der Waals surface area (Å²) in [7, 11) is 7.09. The van der Waals surface area contributed by atoms with E-state index in [1.807, 2.05) is 26.2 Å². The topological polar surface area (TPSA) is 91.4 Å². The van der Waals surface area contributed by atoms with E-state index in [4.69, 9.17) is 9.47 Å². The first kappa shape index (κ1) is 39.0. The third kappa shape index (κ3) is 8.21. The van der Waals surface area contributed by atoms with E-state index in [9.17, 15) is 14.4 Å². The van der Waals surface area contributed by atoms with Crippen LogP contribution in [0.1, 0.15) is 45.5 Å². The number of carbonyl (C=O) groups excluding carboxylic acids is 3. The van der Waals surface area contributed by atoms with Crippen molar-refractivity contribution in [1.29, 1.82) is 0 Å². The number of halogens is 3. The minimum atomic E-state index is -3.35. The average molecular weight is 745 g/mol. The Morgan fingerprint density at radius 1 is 0.811 bits per heavy atom. The van der Waals surface area contributed by atoms with Crippen molar-refractivity contribution in [3.05, 3.63) is 114 Å². The van der Waals surface area contributed by atoms with Gasteiger partial charge in [-0.3, -0.25) is 14.4 Å². The van der Waals surface area contributed by atoms with Crippen molar-refractivity contribution in [3.63, 3.8) is 0 Å². The van der Waals surface area contributed by atoms with Crippen molar-refractivity contribution in [1.82, 2.24) is 9.80 Å². The number of hydrogen-bond donors (Lipinski definition) is 1. The summed E-state index contributed by atoms with van der Waals surface area (Å²) in [4.78, 5) is 45.9. The van der Waals surface area contributed by atoms with Gasteiger partial charge >= 0.3 is 0 Å². The second-order valence-corrected chi connectivity index (χ2v) is 13.1. The van der Waals surface area contributed by atoms with Crippen LogP contribution in [0.3, 0.4) is 0 Å². The molecule has 53 heavy (non-hydrogen) atoms. The van der Waals surface area contributed by atoms with Gasteiger partial charge in [0.25, 0.3) is 17.7 Å². The molecule has 4 aromatic carbocycles. The number of rotatable bonds is 8. The molecule has 3 amide bonds. The number of carbonyl (C=O) groups is 3. The van der Waals surface area contributed by atoms with Crippen LogP contribution in [0, 0.1) is 0 Å². The van der Waals surface area contributed by atoms with E-state index >= 15 is 8.78 Å². The second kappa shape index (κ2) is 16.6. The van der Waals surface area contributed by atoms with Gasteiger partial charge in [0.1, 0.15) is 11.5 Å². The SMILES string of the molecule is COc1cccc(OC)c1-c1ccccc1C(=O)Nc1ccc(C(=O)N2CCC(F)(F)/C(=C\C(=O)N3CCC(N(C)C)CC3)c3ccccc32)cc1.Cl. The average Bonchev–Trinajstić information content (AvgIpc) is 3.27. The Balaban J connectivity index is 0.00000541. The molecule has 4 aromatic rings. The molecule has 0 bridgehead atoms. The van der Waals surface area contributed by atoms with Crippen LogP contribution < -0.4 is 19.7 Å². The van der Waals surface area contributed by atoms with Crippen LogP contribution in [0.4, 0.5) is 20.2 Å². The van der Waals surface area contributed by atoms with Gasteiger partial charge in [-0.2, -0.15) is 0 Å². The summed E-state index contributed by atoms with van der Waals surface area (Å²) in [6.45, 7) is 0.718. The van der Waals surface area contributed by atoms with Crippen LogP contribution in [0.25, 0.3) is 16.7 Å². The molecule has 2 aliphatic heterocycles. The van der Waals surface area contributed by atoms with Crippen LogP contribution in [0.2, 0.25) is 0 Å². The fourth-order valence-electron chi connectivity index (χ4n) is 6.92. The molecule has 1 fully saturated rings. The summed E-state index contributed by atoms with van der Waals surface area (Å²) in [6, 6.07) is 25.6. The Labute approximate surface area is 314 Å². The van der Waals surface area contributed by atoms with E-state index in [1.165, 1.54) is 11.0 Å². The van der Waals surface area contributed by atoms with Gasteiger partial charge in [0.2, 0.25) is 5.91 Å². The Morgan fingerprint density at radius 2 is 1.42 bits per heavy atom. The zero-order valence-corrected chi connectivity index (χ0v) is 30.9. The molecule has 0 aliphatic carbocycles. The van der Waals surface area contributed by atoms with Gasteiger partial charge in [-0.1, -0.05) is 42.5 Å². The molecule has 9 nitrogen and oxygen atoms in total. The number of allylic oxidation sites excluding steroid dienone is 1. The van der Waals surface area contributed by atoms with Crippen LogP contribution in [-0.2, 0) is 4.79 Å². The molecule has 6 rings (SSSR count). The van der Waals surface area contributed by atoms with Crippen molar-refractivity contribution >= 4 is 47.1 Å². The van der Waals surface area contributed by atoms with Gasteiger partial charge in [-0.25, -0.2) is 8.78 Å². The van der Waals surface area contributed by atoms with E-state index in [2.05, 4.69) is 10.2 Å². The minimum absolute atomic E-state index is 0. The molecule has 12 heteroatoms. The number of alkyl halides is 2. The van der Waals surface area contributed by atoms with Gasteiger partial charge < -0.3 is 29.5 Å². The highest BCUT2D eigenvalue weighted by Gasteiger charge is 2.42.